The number of benzene rings is 3. The molecular formula is C42H63O7P. The van der Waals surface area contributed by atoms with Crippen molar-refractivity contribution in [3.05, 3.63) is 88.0 Å². The molecule has 0 aliphatic carbocycles. The molecule has 0 aliphatic heterocycles. The van der Waals surface area contributed by atoms with Gasteiger partial charge in [0, 0.05) is 16.7 Å². The van der Waals surface area contributed by atoms with Crippen molar-refractivity contribution in [3.63, 3.8) is 0 Å². The highest BCUT2D eigenvalue weighted by Gasteiger charge is 2.38. The van der Waals surface area contributed by atoms with Crippen molar-refractivity contribution < 1.29 is 33.3 Å². The largest absolute Gasteiger partial charge is 0.583 e. The van der Waals surface area contributed by atoms with Gasteiger partial charge >= 0.3 is 7.82 Å². The Morgan fingerprint density at radius 2 is 0.580 bits per heavy atom. The molecule has 0 atom stereocenters. The van der Waals surface area contributed by atoms with E-state index in [1.54, 1.807) is 18.2 Å². The highest BCUT2D eigenvalue weighted by molar-refractivity contribution is 7.48. The summed E-state index contributed by atoms with van der Waals surface area (Å²) in [7, 11) is -4.73. The standard InChI is InChI=1S/C42H63O7P/c1-37(2,3)28-19-22-34(31(25-28)40(10,11)12)44-47-50(43,48-45-35-23-20-29(38(4,5)6)26-32(35)41(13,14)15)49-46-36-24-21-30(39(7,8)9)27-33(36)42(16,17)18/h19-27H,1-18H3. The molecule has 8 heteroatoms. The fourth-order valence-electron chi connectivity index (χ4n) is 5.26. The average Bonchev–Trinajstić information content (AvgIpc) is 2.95. The third-order valence-electron chi connectivity index (χ3n) is 8.62. The molecule has 3 aromatic carbocycles. The predicted octanol–water partition coefficient (Wildman–Crippen LogP) is 12.9. The lowest BCUT2D eigenvalue weighted by atomic mass is 9.80. The highest BCUT2D eigenvalue weighted by atomic mass is 31.2. The Bertz CT molecular complexity index is 1480. The minimum Gasteiger partial charge on any atom is -0.327 e. The fraction of sp³-hybridized carbons (Fsp3) is 0.571. The monoisotopic (exact) mass is 710 g/mol. The van der Waals surface area contributed by atoms with Gasteiger partial charge in [-0.05, 0) is 67.4 Å². The Labute approximate surface area is 302 Å². The maximum Gasteiger partial charge on any atom is 0.583 e. The van der Waals surface area contributed by atoms with Crippen molar-refractivity contribution in [1.29, 1.82) is 0 Å². The van der Waals surface area contributed by atoms with E-state index in [0.29, 0.717) is 17.2 Å². The van der Waals surface area contributed by atoms with Gasteiger partial charge in [-0.2, -0.15) is 0 Å². The predicted molar refractivity (Wildman–Crippen MR) is 204 cm³/mol. The summed E-state index contributed by atoms with van der Waals surface area (Å²) in [6.07, 6.45) is 0. The molecule has 3 rings (SSSR count). The van der Waals surface area contributed by atoms with E-state index in [-0.39, 0.29) is 32.5 Å². The molecule has 0 saturated heterocycles. The number of phosphoric acid groups is 1. The van der Waals surface area contributed by atoms with Gasteiger partial charge in [0.25, 0.3) is 0 Å². The van der Waals surface area contributed by atoms with Crippen molar-refractivity contribution >= 4 is 7.82 Å². The van der Waals surface area contributed by atoms with Crippen LogP contribution in [0.3, 0.4) is 0 Å². The normalized spacial score (nSPS) is 13.7. The van der Waals surface area contributed by atoms with Gasteiger partial charge in [-0.15, -0.1) is 0 Å². The van der Waals surface area contributed by atoms with E-state index >= 15 is 0 Å². The lowest BCUT2D eigenvalue weighted by Gasteiger charge is -2.28. The van der Waals surface area contributed by atoms with Crippen molar-refractivity contribution in [2.45, 2.75) is 157 Å². The van der Waals surface area contributed by atoms with Gasteiger partial charge in [0.2, 0.25) is 0 Å². The zero-order valence-electron chi connectivity index (χ0n) is 34.0. The van der Waals surface area contributed by atoms with Crippen LogP contribution in [-0.4, -0.2) is 0 Å². The maximum atomic E-state index is 14.5. The van der Waals surface area contributed by atoms with Crippen LogP contribution in [0, 0.1) is 0 Å². The van der Waals surface area contributed by atoms with Crippen molar-refractivity contribution in [3.8, 4) is 17.2 Å². The number of rotatable bonds is 9. The first-order valence-corrected chi connectivity index (χ1v) is 19.0. The van der Waals surface area contributed by atoms with E-state index in [9.17, 15) is 4.57 Å². The molecule has 0 saturated carbocycles. The average molecular weight is 711 g/mol. The van der Waals surface area contributed by atoms with Crippen molar-refractivity contribution in [1.82, 2.24) is 0 Å². The zero-order chi connectivity index (χ0) is 38.3. The summed E-state index contributed by atoms with van der Waals surface area (Å²) in [5.74, 6) is 1.10. The Morgan fingerprint density at radius 3 is 0.760 bits per heavy atom. The molecule has 50 heavy (non-hydrogen) atoms. The molecule has 0 aromatic heterocycles. The first-order chi connectivity index (χ1) is 22.4. The molecule has 0 radical (unpaired) electrons. The van der Waals surface area contributed by atoms with Gasteiger partial charge < -0.3 is 14.7 Å². The van der Waals surface area contributed by atoms with E-state index in [2.05, 4.69) is 143 Å². The van der Waals surface area contributed by atoms with Crippen molar-refractivity contribution in [2.24, 2.45) is 0 Å². The second kappa shape index (κ2) is 14.3. The van der Waals surface area contributed by atoms with E-state index in [1.807, 2.05) is 18.2 Å². The van der Waals surface area contributed by atoms with Gasteiger partial charge in [0.1, 0.15) is 0 Å². The SMILES string of the molecule is CC(C)(C)c1ccc(OOP(=O)(OOc2ccc(C(C)(C)C)cc2C(C)(C)C)OOc2ccc(C(C)(C)C)cc2C(C)(C)C)c(C(C)(C)C)c1. The van der Waals surface area contributed by atoms with E-state index in [4.69, 9.17) is 28.7 Å². The van der Waals surface area contributed by atoms with Gasteiger partial charge in [-0.1, -0.05) is 175 Å². The molecule has 278 valence electrons. The summed E-state index contributed by atoms with van der Waals surface area (Å²) in [4.78, 5) is 17.5. The van der Waals surface area contributed by atoms with Crippen molar-refractivity contribution in [2.75, 3.05) is 0 Å². The molecule has 0 aliphatic rings. The minimum absolute atomic E-state index is 0.0941. The van der Waals surface area contributed by atoms with Crippen LogP contribution in [0.15, 0.2) is 54.6 Å². The summed E-state index contributed by atoms with van der Waals surface area (Å²) >= 11 is 0. The van der Waals surface area contributed by atoms with E-state index < -0.39 is 7.82 Å². The van der Waals surface area contributed by atoms with E-state index in [0.717, 1.165) is 33.4 Å². The summed E-state index contributed by atoms with van der Waals surface area (Å²) in [5, 5.41) is 0. The Hall–Kier alpha value is -2.83. The molecule has 0 fully saturated rings. The molecule has 0 heterocycles. The van der Waals surface area contributed by atoms with Crippen LogP contribution in [0.1, 0.15) is 158 Å². The first kappa shape index (κ1) is 41.6. The second-order valence-corrected chi connectivity index (χ2v) is 20.9. The fourth-order valence-corrected chi connectivity index (χ4v) is 5.85. The third kappa shape index (κ3) is 10.8. The zero-order valence-corrected chi connectivity index (χ0v) is 34.9. The quantitative estimate of drug-likeness (QED) is 0.124. The van der Waals surface area contributed by atoms with Gasteiger partial charge in [-0.3, -0.25) is 0 Å². The topological polar surface area (TPSA) is 72.5 Å². The summed E-state index contributed by atoms with van der Waals surface area (Å²) in [6, 6.07) is 17.5. The third-order valence-corrected chi connectivity index (χ3v) is 9.39. The smallest absolute Gasteiger partial charge is 0.327 e. The van der Waals surface area contributed by atoms with Crippen LogP contribution in [0.4, 0.5) is 0 Å². The Kier molecular flexibility index (Phi) is 11.9. The minimum atomic E-state index is -4.73. The van der Waals surface area contributed by atoms with E-state index in [1.165, 1.54) is 0 Å². The Morgan fingerprint density at radius 1 is 0.360 bits per heavy atom. The van der Waals surface area contributed by atoms with Crippen LogP contribution in [-0.2, 0) is 51.1 Å². The molecule has 0 amide bonds. The van der Waals surface area contributed by atoms with Gasteiger partial charge in [0.15, 0.2) is 17.2 Å². The molecular weight excluding hydrogens is 647 g/mol. The Balaban J connectivity index is 2.06. The molecule has 0 unspecified atom stereocenters. The molecule has 0 N–H and O–H groups in total. The van der Waals surface area contributed by atoms with Gasteiger partial charge in [-0.25, -0.2) is 4.57 Å². The number of hydrogen-bond acceptors (Lipinski definition) is 7. The molecule has 3 aromatic rings. The molecule has 7 nitrogen and oxygen atoms in total. The van der Waals surface area contributed by atoms with Crippen LogP contribution in [0.2, 0.25) is 0 Å². The number of hydrogen-bond donors (Lipinski definition) is 0. The van der Waals surface area contributed by atoms with Gasteiger partial charge in [0.05, 0.1) is 0 Å². The second-order valence-electron chi connectivity index (χ2n) is 19.6. The summed E-state index contributed by atoms with van der Waals surface area (Å²) in [6.45, 7) is 38.0. The lowest BCUT2D eigenvalue weighted by Crippen LogP contribution is -2.19. The van der Waals surface area contributed by atoms with Crippen LogP contribution >= 0.6 is 7.82 Å². The summed E-state index contributed by atoms with van der Waals surface area (Å²) in [5.41, 5.74) is 4.69. The van der Waals surface area contributed by atoms with Crippen LogP contribution in [0.5, 0.6) is 17.2 Å². The highest BCUT2D eigenvalue weighted by Crippen LogP contribution is 2.52. The first-order valence-electron chi connectivity index (χ1n) is 17.6. The molecule has 0 bridgehead atoms. The lowest BCUT2D eigenvalue weighted by molar-refractivity contribution is -0.238. The molecule has 0 spiro atoms. The maximum absolute atomic E-state index is 14.5. The van der Waals surface area contributed by atoms with Crippen LogP contribution in [0.25, 0.3) is 0 Å². The van der Waals surface area contributed by atoms with Crippen LogP contribution < -0.4 is 14.7 Å². The summed E-state index contributed by atoms with van der Waals surface area (Å²) < 4.78 is 31.2.